The number of aryl methyl sites for hydroxylation is 3. The molecule has 1 atom stereocenters. The van der Waals surface area contributed by atoms with Crippen molar-refractivity contribution in [3.8, 4) is 11.5 Å². The lowest BCUT2D eigenvalue weighted by molar-refractivity contribution is -0.123. The first kappa shape index (κ1) is 20.3. The molecule has 0 aliphatic carbocycles. The van der Waals surface area contributed by atoms with Crippen molar-refractivity contribution in [2.24, 2.45) is 0 Å². The second-order valence-electron chi connectivity index (χ2n) is 6.38. The first-order chi connectivity index (χ1) is 12.8. The summed E-state index contributed by atoms with van der Waals surface area (Å²) >= 11 is 0. The Bertz CT molecular complexity index is 837. The van der Waals surface area contributed by atoms with Gasteiger partial charge in [0, 0.05) is 5.69 Å². The fraction of sp³-hybridized carbons (Fsp3) is 0.333. The highest BCUT2D eigenvalue weighted by Gasteiger charge is 2.21. The van der Waals surface area contributed by atoms with Crippen LogP contribution in [0.2, 0.25) is 0 Å². The van der Waals surface area contributed by atoms with Crippen molar-refractivity contribution in [1.82, 2.24) is 0 Å². The van der Waals surface area contributed by atoms with Gasteiger partial charge in [0.2, 0.25) is 0 Å². The number of benzene rings is 2. The zero-order chi connectivity index (χ0) is 20.1. The van der Waals surface area contributed by atoms with Crippen molar-refractivity contribution in [2.45, 2.75) is 33.8 Å². The number of methoxy groups -OCH3 is 2. The summed E-state index contributed by atoms with van der Waals surface area (Å²) < 4.78 is 15.6. The second-order valence-corrected chi connectivity index (χ2v) is 6.38. The minimum Gasteiger partial charge on any atom is -0.493 e. The Balaban J connectivity index is 2.09. The van der Waals surface area contributed by atoms with Gasteiger partial charge in [0.25, 0.3) is 5.91 Å². The highest BCUT2D eigenvalue weighted by atomic mass is 16.5. The molecule has 0 radical (unpaired) electrons. The van der Waals surface area contributed by atoms with Crippen molar-refractivity contribution in [1.29, 1.82) is 0 Å². The summed E-state index contributed by atoms with van der Waals surface area (Å²) in [5.41, 5.74) is 4.05. The van der Waals surface area contributed by atoms with Gasteiger partial charge in [0.05, 0.1) is 19.8 Å². The van der Waals surface area contributed by atoms with E-state index in [2.05, 4.69) is 5.32 Å². The monoisotopic (exact) mass is 371 g/mol. The van der Waals surface area contributed by atoms with Gasteiger partial charge >= 0.3 is 5.97 Å². The maximum absolute atomic E-state index is 12.5. The van der Waals surface area contributed by atoms with Crippen LogP contribution in [0.15, 0.2) is 30.3 Å². The normalized spacial score (nSPS) is 11.5. The van der Waals surface area contributed by atoms with Crippen molar-refractivity contribution in [3.63, 3.8) is 0 Å². The number of nitrogens with one attached hydrogen (secondary N) is 1. The van der Waals surface area contributed by atoms with Crippen LogP contribution < -0.4 is 14.8 Å². The van der Waals surface area contributed by atoms with E-state index in [0.717, 1.165) is 22.4 Å². The smallest absolute Gasteiger partial charge is 0.339 e. The third kappa shape index (κ3) is 4.78. The molecule has 27 heavy (non-hydrogen) atoms. The van der Waals surface area contributed by atoms with E-state index < -0.39 is 12.1 Å². The van der Waals surface area contributed by atoms with Gasteiger partial charge in [-0.3, -0.25) is 4.79 Å². The summed E-state index contributed by atoms with van der Waals surface area (Å²) in [4.78, 5) is 24.8. The minimum absolute atomic E-state index is 0.273. The van der Waals surface area contributed by atoms with Crippen LogP contribution in [0.1, 0.15) is 34.0 Å². The molecule has 0 spiro atoms. The fourth-order valence-electron chi connectivity index (χ4n) is 2.85. The molecule has 0 bridgehead atoms. The number of carbonyl (C=O) groups is 2. The number of esters is 1. The molecule has 2 aromatic carbocycles. The van der Waals surface area contributed by atoms with Crippen LogP contribution in [0.5, 0.6) is 11.5 Å². The molecule has 0 saturated carbocycles. The molecule has 1 amide bonds. The molecule has 2 rings (SSSR count). The van der Waals surface area contributed by atoms with E-state index in [1.165, 1.54) is 27.2 Å². The van der Waals surface area contributed by atoms with Crippen LogP contribution >= 0.6 is 0 Å². The van der Waals surface area contributed by atoms with Gasteiger partial charge in [-0.15, -0.1) is 0 Å². The number of rotatable bonds is 6. The number of anilines is 1. The quantitative estimate of drug-likeness (QED) is 0.782. The van der Waals surface area contributed by atoms with Crippen LogP contribution in [0.3, 0.4) is 0 Å². The van der Waals surface area contributed by atoms with E-state index in [4.69, 9.17) is 14.2 Å². The van der Waals surface area contributed by atoms with Gasteiger partial charge in [-0.2, -0.15) is 0 Å². The van der Waals surface area contributed by atoms with Gasteiger partial charge in [0.1, 0.15) is 0 Å². The molecule has 0 unspecified atom stereocenters. The first-order valence-electron chi connectivity index (χ1n) is 8.58. The molecule has 0 fully saturated rings. The van der Waals surface area contributed by atoms with Crippen LogP contribution in [-0.2, 0) is 9.53 Å². The van der Waals surface area contributed by atoms with Crippen LogP contribution in [0, 0.1) is 20.8 Å². The van der Waals surface area contributed by atoms with E-state index in [1.807, 2.05) is 32.9 Å². The zero-order valence-corrected chi connectivity index (χ0v) is 16.5. The predicted octanol–water partition coefficient (Wildman–Crippen LogP) is 3.81. The van der Waals surface area contributed by atoms with Crippen molar-refractivity contribution < 1.29 is 23.8 Å². The highest BCUT2D eigenvalue weighted by molar-refractivity contribution is 5.98. The standard InChI is InChI=1S/C21H25NO5/c1-12-9-13(2)19(14(3)10-12)22-20(23)15(4)27-21(24)16-7-8-17(25-5)18(11-16)26-6/h7-11,15H,1-6H3,(H,22,23)/t15-/m1/s1. The Hall–Kier alpha value is -3.02. The fourth-order valence-corrected chi connectivity index (χ4v) is 2.85. The molecular weight excluding hydrogens is 346 g/mol. The van der Waals surface area contributed by atoms with Gasteiger partial charge in [-0.1, -0.05) is 17.7 Å². The Kier molecular flexibility index (Phi) is 6.45. The Labute approximate surface area is 159 Å². The van der Waals surface area contributed by atoms with E-state index >= 15 is 0 Å². The predicted molar refractivity (Wildman–Crippen MR) is 104 cm³/mol. The third-order valence-corrected chi connectivity index (χ3v) is 4.20. The van der Waals surface area contributed by atoms with Gasteiger partial charge in [-0.25, -0.2) is 4.79 Å². The van der Waals surface area contributed by atoms with E-state index in [9.17, 15) is 9.59 Å². The highest BCUT2D eigenvalue weighted by Crippen LogP contribution is 2.28. The molecular formula is C21H25NO5. The summed E-state index contributed by atoms with van der Waals surface area (Å²) in [7, 11) is 2.99. The Morgan fingerprint density at radius 2 is 1.52 bits per heavy atom. The topological polar surface area (TPSA) is 73.9 Å². The lowest BCUT2D eigenvalue weighted by Gasteiger charge is -2.17. The molecule has 2 aromatic rings. The first-order valence-corrected chi connectivity index (χ1v) is 8.58. The van der Waals surface area contributed by atoms with E-state index in [-0.39, 0.29) is 11.5 Å². The SMILES string of the molecule is COc1ccc(C(=O)O[C@H](C)C(=O)Nc2c(C)cc(C)cc2C)cc1OC. The summed E-state index contributed by atoms with van der Waals surface area (Å²) in [6.07, 6.45) is -0.953. The third-order valence-electron chi connectivity index (χ3n) is 4.20. The van der Waals surface area contributed by atoms with Gasteiger partial charge < -0.3 is 19.5 Å². The average Bonchev–Trinajstić information content (AvgIpc) is 2.63. The van der Waals surface area contributed by atoms with Crippen molar-refractivity contribution >= 4 is 17.6 Å². The molecule has 0 saturated heterocycles. The number of hydrogen-bond donors (Lipinski definition) is 1. The van der Waals surface area contributed by atoms with Crippen molar-refractivity contribution in [2.75, 3.05) is 19.5 Å². The lowest BCUT2D eigenvalue weighted by Crippen LogP contribution is -2.30. The van der Waals surface area contributed by atoms with Crippen LogP contribution in [-0.4, -0.2) is 32.2 Å². The number of amides is 1. The second kappa shape index (κ2) is 8.58. The summed E-state index contributed by atoms with van der Waals surface area (Å²) in [5.74, 6) is -0.0880. The van der Waals surface area contributed by atoms with Crippen LogP contribution in [0.4, 0.5) is 5.69 Å². The summed E-state index contributed by atoms with van der Waals surface area (Å²) in [6, 6.07) is 8.66. The summed E-state index contributed by atoms with van der Waals surface area (Å²) in [6.45, 7) is 7.39. The number of carbonyl (C=O) groups excluding carboxylic acids is 2. The molecule has 0 aromatic heterocycles. The maximum Gasteiger partial charge on any atom is 0.339 e. The van der Waals surface area contributed by atoms with E-state index in [0.29, 0.717) is 11.5 Å². The molecule has 6 nitrogen and oxygen atoms in total. The maximum atomic E-state index is 12.5. The zero-order valence-electron chi connectivity index (χ0n) is 16.5. The largest absolute Gasteiger partial charge is 0.493 e. The number of ether oxygens (including phenoxy) is 3. The molecule has 1 N–H and O–H groups in total. The van der Waals surface area contributed by atoms with E-state index in [1.54, 1.807) is 12.1 Å². The molecule has 6 heteroatoms. The molecule has 144 valence electrons. The lowest BCUT2D eigenvalue weighted by atomic mass is 10.0. The Morgan fingerprint density at radius 3 is 2.07 bits per heavy atom. The summed E-state index contributed by atoms with van der Waals surface area (Å²) in [5, 5.41) is 2.84. The van der Waals surface area contributed by atoms with Gasteiger partial charge in [-0.05, 0) is 57.0 Å². The minimum atomic E-state index is -0.953. The molecule has 0 heterocycles. The Morgan fingerprint density at radius 1 is 0.926 bits per heavy atom. The van der Waals surface area contributed by atoms with Crippen molar-refractivity contribution in [3.05, 3.63) is 52.6 Å². The van der Waals surface area contributed by atoms with Gasteiger partial charge in [0.15, 0.2) is 17.6 Å². The molecule has 0 aliphatic rings. The van der Waals surface area contributed by atoms with Crippen LogP contribution in [0.25, 0.3) is 0 Å². The number of hydrogen-bond acceptors (Lipinski definition) is 5. The molecule has 0 aliphatic heterocycles. The average molecular weight is 371 g/mol.